The van der Waals surface area contributed by atoms with E-state index in [1.807, 2.05) is 0 Å². The largest absolute Gasteiger partial charge is 0.496 e. The third kappa shape index (κ3) is 5.02. The van der Waals surface area contributed by atoms with E-state index in [4.69, 9.17) is 4.74 Å². The summed E-state index contributed by atoms with van der Waals surface area (Å²) in [6, 6.07) is 4.52. The van der Waals surface area contributed by atoms with Gasteiger partial charge in [-0.05, 0) is 37.0 Å². The second kappa shape index (κ2) is 9.55. The summed E-state index contributed by atoms with van der Waals surface area (Å²) in [5.41, 5.74) is 0.295. The van der Waals surface area contributed by atoms with E-state index in [2.05, 4.69) is 0 Å². The van der Waals surface area contributed by atoms with Gasteiger partial charge in [0.25, 0.3) is 5.91 Å². The molecule has 0 spiro atoms. The zero-order valence-electron chi connectivity index (χ0n) is 16.9. The zero-order chi connectivity index (χ0) is 20.0. The van der Waals surface area contributed by atoms with Gasteiger partial charge < -0.3 is 9.64 Å². The van der Waals surface area contributed by atoms with E-state index in [9.17, 15) is 13.2 Å². The number of sulfonamides is 1. The minimum absolute atomic E-state index is 0.126. The lowest BCUT2D eigenvalue weighted by Gasteiger charge is -2.27. The van der Waals surface area contributed by atoms with Crippen LogP contribution in [0.15, 0.2) is 23.1 Å². The second-order valence-electron chi connectivity index (χ2n) is 7.14. The van der Waals surface area contributed by atoms with Crippen molar-refractivity contribution in [2.75, 3.05) is 33.8 Å². The fourth-order valence-electron chi connectivity index (χ4n) is 3.77. The average molecular weight is 397 g/mol. The molecule has 0 bridgehead atoms. The Morgan fingerprint density at radius 3 is 2.33 bits per heavy atom. The molecule has 1 aromatic rings. The number of methoxy groups -OCH3 is 1. The first kappa shape index (κ1) is 21.7. The standard InChI is InChI=1S/C20H32N2O4S/c1-5-22(6-2)27(24,25)17-12-13-19(26-4)18(14-17)20(23)21(3)15-16-10-8-7-9-11-16/h12-14,16H,5-11,15H2,1-4H3. The fraction of sp³-hybridized carbons (Fsp3) is 0.650. The molecule has 1 saturated carbocycles. The fourth-order valence-corrected chi connectivity index (χ4v) is 5.26. The summed E-state index contributed by atoms with van der Waals surface area (Å²) >= 11 is 0. The summed E-state index contributed by atoms with van der Waals surface area (Å²) in [6.45, 7) is 5.06. The molecule has 2 rings (SSSR count). The molecule has 1 aliphatic rings. The van der Waals surface area contributed by atoms with Crippen molar-refractivity contribution in [2.24, 2.45) is 5.92 Å². The number of rotatable bonds is 8. The zero-order valence-corrected chi connectivity index (χ0v) is 17.7. The number of carbonyl (C=O) groups excluding carboxylic acids is 1. The number of hydrogen-bond acceptors (Lipinski definition) is 4. The number of carbonyl (C=O) groups is 1. The van der Waals surface area contributed by atoms with Gasteiger partial charge in [-0.15, -0.1) is 0 Å². The summed E-state index contributed by atoms with van der Waals surface area (Å²) in [7, 11) is -0.356. The summed E-state index contributed by atoms with van der Waals surface area (Å²) in [4.78, 5) is 14.8. The monoisotopic (exact) mass is 396 g/mol. The Morgan fingerprint density at radius 1 is 1.15 bits per heavy atom. The minimum Gasteiger partial charge on any atom is -0.496 e. The summed E-state index contributed by atoms with van der Waals surface area (Å²) in [6.07, 6.45) is 5.99. The molecule has 0 atom stereocenters. The molecule has 1 aliphatic carbocycles. The Balaban J connectivity index is 2.29. The summed E-state index contributed by atoms with van der Waals surface area (Å²) in [5, 5.41) is 0. The van der Waals surface area contributed by atoms with Gasteiger partial charge >= 0.3 is 0 Å². The summed E-state index contributed by atoms with van der Waals surface area (Å²) in [5.74, 6) is 0.712. The molecule has 0 radical (unpaired) electrons. The summed E-state index contributed by atoms with van der Waals surface area (Å²) < 4.78 is 32.3. The van der Waals surface area contributed by atoms with Crippen molar-refractivity contribution in [3.05, 3.63) is 23.8 Å². The first-order valence-electron chi connectivity index (χ1n) is 9.78. The molecular weight excluding hydrogens is 364 g/mol. The Hall–Kier alpha value is -1.60. The molecule has 1 amide bonds. The van der Waals surface area contributed by atoms with Gasteiger partial charge in [0.05, 0.1) is 17.6 Å². The molecule has 0 unspecified atom stereocenters. The van der Waals surface area contributed by atoms with E-state index in [-0.39, 0.29) is 10.8 Å². The first-order valence-corrected chi connectivity index (χ1v) is 11.2. The van der Waals surface area contributed by atoms with Crippen LogP contribution in [0.3, 0.4) is 0 Å². The van der Waals surface area contributed by atoms with Crippen LogP contribution in [0.5, 0.6) is 5.75 Å². The highest BCUT2D eigenvalue weighted by molar-refractivity contribution is 7.89. The van der Waals surface area contributed by atoms with Crippen molar-refractivity contribution in [3.8, 4) is 5.75 Å². The Kier molecular flexibility index (Phi) is 7.68. The van der Waals surface area contributed by atoms with Crippen molar-refractivity contribution in [2.45, 2.75) is 50.8 Å². The van der Waals surface area contributed by atoms with Crippen molar-refractivity contribution in [1.29, 1.82) is 0 Å². The molecule has 0 aromatic heterocycles. The van der Waals surface area contributed by atoms with Crippen LogP contribution in [0.2, 0.25) is 0 Å². The molecule has 1 aromatic carbocycles. The van der Waals surface area contributed by atoms with Crippen LogP contribution in [-0.4, -0.2) is 57.3 Å². The molecule has 27 heavy (non-hydrogen) atoms. The van der Waals surface area contributed by atoms with Crippen LogP contribution in [0.1, 0.15) is 56.3 Å². The molecule has 0 N–H and O–H groups in total. The SMILES string of the molecule is CCN(CC)S(=O)(=O)c1ccc(OC)c(C(=O)N(C)CC2CCCCC2)c1. The van der Waals surface area contributed by atoms with Crippen LogP contribution in [0.4, 0.5) is 0 Å². The van der Waals surface area contributed by atoms with Crippen molar-refractivity contribution >= 4 is 15.9 Å². The van der Waals surface area contributed by atoms with Gasteiger partial charge in [-0.3, -0.25) is 4.79 Å². The lowest BCUT2D eigenvalue weighted by molar-refractivity contribution is 0.0757. The maximum Gasteiger partial charge on any atom is 0.257 e. The second-order valence-corrected chi connectivity index (χ2v) is 9.08. The molecular formula is C20H32N2O4S. The normalized spacial score (nSPS) is 15.7. The predicted octanol–water partition coefficient (Wildman–Crippen LogP) is 3.38. The quantitative estimate of drug-likeness (QED) is 0.676. The van der Waals surface area contributed by atoms with Gasteiger partial charge in [-0.2, -0.15) is 4.31 Å². The number of amides is 1. The number of ether oxygens (including phenoxy) is 1. The van der Waals surface area contributed by atoms with Gasteiger partial charge in [0.2, 0.25) is 10.0 Å². The van der Waals surface area contributed by atoms with Gasteiger partial charge in [0.1, 0.15) is 5.75 Å². The topological polar surface area (TPSA) is 66.9 Å². The molecule has 0 saturated heterocycles. The highest BCUT2D eigenvalue weighted by Crippen LogP contribution is 2.28. The molecule has 152 valence electrons. The van der Waals surface area contributed by atoms with Crippen molar-refractivity contribution in [1.82, 2.24) is 9.21 Å². The minimum atomic E-state index is -3.63. The lowest BCUT2D eigenvalue weighted by Crippen LogP contribution is -2.33. The molecule has 0 heterocycles. The van der Waals surface area contributed by atoms with Gasteiger partial charge in [-0.1, -0.05) is 33.1 Å². The number of hydrogen-bond donors (Lipinski definition) is 0. The smallest absolute Gasteiger partial charge is 0.257 e. The predicted molar refractivity (Wildman–Crippen MR) is 107 cm³/mol. The van der Waals surface area contributed by atoms with Gasteiger partial charge in [0, 0.05) is 26.7 Å². The highest BCUT2D eigenvalue weighted by Gasteiger charge is 2.26. The molecule has 0 aliphatic heterocycles. The van der Waals surface area contributed by atoms with Crippen molar-refractivity contribution in [3.63, 3.8) is 0 Å². The van der Waals surface area contributed by atoms with E-state index in [1.165, 1.54) is 42.8 Å². The molecule has 7 heteroatoms. The lowest BCUT2D eigenvalue weighted by atomic mass is 9.89. The molecule has 1 fully saturated rings. The maximum absolute atomic E-state index is 13.0. The number of benzene rings is 1. The van der Waals surface area contributed by atoms with Crippen LogP contribution in [-0.2, 0) is 10.0 Å². The van der Waals surface area contributed by atoms with Crippen LogP contribution in [0.25, 0.3) is 0 Å². The first-order chi connectivity index (χ1) is 12.8. The van der Waals surface area contributed by atoms with E-state index in [1.54, 1.807) is 31.9 Å². The third-order valence-corrected chi connectivity index (χ3v) is 7.39. The van der Waals surface area contributed by atoms with E-state index in [0.717, 1.165) is 12.8 Å². The third-order valence-electron chi connectivity index (χ3n) is 5.35. The Labute approximate surface area is 163 Å². The van der Waals surface area contributed by atoms with Gasteiger partial charge in [-0.25, -0.2) is 8.42 Å². The average Bonchev–Trinajstić information content (AvgIpc) is 2.68. The van der Waals surface area contributed by atoms with Crippen LogP contribution in [0, 0.1) is 5.92 Å². The van der Waals surface area contributed by atoms with Gasteiger partial charge in [0.15, 0.2) is 0 Å². The van der Waals surface area contributed by atoms with E-state index < -0.39 is 10.0 Å². The van der Waals surface area contributed by atoms with E-state index >= 15 is 0 Å². The molecule has 6 nitrogen and oxygen atoms in total. The van der Waals surface area contributed by atoms with E-state index in [0.29, 0.717) is 36.9 Å². The van der Waals surface area contributed by atoms with Crippen molar-refractivity contribution < 1.29 is 17.9 Å². The Morgan fingerprint density at radius 2 is 1.78 bits per heavy atom. The highest BCUT2D eigenvalue weighted by atomic mass is 32.2. The maximum atomic E-state index is 13.0. The van der Waals surface area contributed by atoms with Crippen LogP contribution < -0.4 is 4.74 Å². The Bertz CT molecular complexity index is 738. The number of nitrogens with zero attached hydrogens (tertiary/aromatic N) is 2. The van der Waals surface area contributed by atoms with Crippen LogP contribution >= 0.6 is 0 Å².